The maximum Gasteiger partial charge on any atom is 0.0935 e. The molecular formula is C32H33N5O. The predicted octanol–water partition coefficient (Wildman–Crippen LogP) is 6.13. The van der Waals surface area contributed by atoms with Crippen LogP contribution in [0, 0.1) is 0 Å². The average Bonchev–Trinajstić information content (AvgIpc) is 3.36. The fourth-order valence-corrected chi connectivity index (χ4v) is 5.49. The molecule has 0 aliphatic carbocycles. The number of fused-ring (bicyclic) bond motifs is 1. The highest BCUT2D eigenvalue weighted by molar-refractivity contribution is 5.87. The van der Waals surface area contributed by atoms with E-state index in [0.717, 1.165) is 57.0 Å². The quantitative estimate of drug-likeness (QED) is 0.239. The van der Waals surface area contributed by atoms with Crippen LogP contribution < -0.4 is 9.80 Å². The summed E-state index contributed by atoms with van der Waals surface area (Å²) in [5, 5.41) is 1.27. The van der Waals surface area contributed by atoms with E-state index < -0.39 is 0 Å². The zero-order valence-electron chi connectivity index (χ0n) is 21.8. The van der Waals surface area contributed by atoms with E-state index in [1.54, 1.807) is 7.11 Å². The molecule has 38 heavy (non-hydrogen) atoms. The maximum absolute atomic E-state index is 5.32. The minimum Gasteiger partial charge on any atom is -0.385 e. The molecule has 1 aliphatic heterocycles. The monoisotopic (exact) mass is 503 g/mol. The van der Waals surface area contributed by atoms with E-state index in [0.29, 0.717) is 0 Å². The summed E-state index contributed by atoms with van der Waals surface area (Å²) in [4.78, 5) is 13.9. The highest BCUT2D eigenvalue weighted by Crippen LogP contribution is 2.33. The molecule has 6 rings (SSSR count). The standard InChI is InChI=1S/C32H33N5O/c1-38-23-5-18-37-29-7-3-2-6-27(29)24-31(37)25-9-11-26(12-10-25)32-30(8-4-15-34-32)36-21-19-35(20-22-36)28-13-16-33-17-14-28/h2-4,6-17,24H,5,18-23H2,1H3. The lowest BCUT2D eigenvalue weighted by Gasteiger charge is -2.37. The number of benzene rings is 2. The molecule has 0 atom stereocenters. The highest BCUT2D eigenvalue weighted by atomic mass is 16.5. The fraction of sp³-hybridized carbons (Fsp3) is 0.250. The lowest BCUT2D eigenvalue weighted by atomic mass is 10.0. The summed E-state index contributed by atoms with van der Waals surface area (Å²) in [5.74, 6) is 0. The van der Waals surface area contributed by atoms with Crippen LogP contribution in [0.5, 0.6) is 0 Å². The third-order valence-electron chi connectivity index (χ3n) is 7.43. The largest absolute Gasteiger partial charge is 0.385 e. The number of pyridine rings is 2. The van der Waals surface area contributed by atoms with E-state index in [4.69, 9.17) is 9.72 Å². The number of rotatable bonds is 8. The van der Waals surface area contributed by atoms with Crippen molar-refractivity contribution in [2.24, 2.45) is 0 Å². The number of aryl methyl sites for hydroxylation is 1. The van der Waals surface area contributed by atoms with E-state index in [2.05, 4.69) is 92.1 Å². The molecule has 5 aromatic rings. The van der Waals surface area contributed by atoms with E-state index in [1.165, 1.54) is 33.5 Å². The van der Waals surface area contributed by atoms with Crippen LogP contribution in [0.15, 0.2) is 97.5 Å². The summed E-state index contributed by atoms with van der Waals surface area (Å²) in [6, 6.07) is 28.2. The van der Waals surface area contributed by atoms with Gasteiger partial charge in [0.15, 0.2) is 0 Å². The molecule has 1 aliphatic rings. The topological polar surface area (TPSA) is 46.4 Å². The van der Waals surface area contributed by atoms with Gasteiger partial charge in [0, 0.05) is 92.9 Å². The van der Waals surface area contributed by atoms with E-state index in [-0.39, 0.29) is 0 Å². The minimum atomic E-state index is 0.754. The molecule has 0 unspecified atom stereocenters. The van der Waals surface area contributed by atoms with Crippen LogP contribution in [0.2, 0.25) is 0 Å². The van der Waals surface area contributed by atoms with Gasteiger partial charge in [-0.25, -0.2) is 0 Å². The first-order valence-corrected chi connectivity index (χ1v) is 13.3. The van der Waals surface area contributed by atoms with Gasteiger partial charge in [-0.15, -0.1) is 0 Å². The average molecular weight is 504 g/mol. The summed E-state index contributed by atoms with van der Waals surface area (Å²) in [7, 11) is 1.76. The Morgan fingerprint density at radius 1 is 0.763 bits per heavy atom. The van der Waals surface area contributed by atoms with Crippen molar-refractivity contribution in [1.82, 2.24) is 14.5 Å². The van der Waals surface area contributed by atoms with Crippen LogP contribution in [0.4, 0.5) is 11.4 Å². The Labute approximate surface area is 224 Å². The summed E-state index contributed by atoms with van der Waals surface area (Å²) < 4.78 is 7.74. The molecule has 0 amide bonds. The van der Waals surface area contributed by atoms with Gasteiger partial charge >= 0.3 is 0 Å². The number of para-hydroxylation sites is 1. The van der Waals surface area contributed by atoms with Gasteiger partial charge in [0.2, 0.25) is 0 Å². The maximum atomic E-state index is 5.32. The summed E-state index contributed by atoms with van der Waals surface area (Å²) in [5.41, 5.74) is 8.33. The number of anilines is 2. The van der Waals surface area contributed by atoms with E-state index in [1.807, 2.05) is 24.7 Å². The number of hydrogen-bond acceptors (Lipinski definition) is 5. The van der Waals surface area contributed by atoms with Gasteiger partial charge < -0.3 is 19.1 Å². The fourth-order valence-electron chi connectivity index (χ4n) is 5.49. The van der Waals surface area contributed by atoms with Crippen LogP contribution in [0.1, 0.15) is 6.42 Å². The molecule has 0 radical (unpaired) electrons. The van der Waals surface area contributed by atoms with Crippen molar-refractivity contribution < 1.29 is 4.74 Å². The Bertz CT molecular complexity index is 1490. The van der Waals surface area contributed by atoms with Crippen LogP contribution in [0.3, 0.4) is 0 Å². The van der Waals surface area contributed by atoms with Crippen molar-refractivity contribution in [3.63, 3.8) is 0 Å². The minimum absolute atomic E-state index is 0.754. The first-order valence-electron chi connectivity index (χ1n) is 13.3. The molecule has 0 saturated carbocycles. The summed E-state index contributed by atoms with van der Waals surface area (Å²) in [6.45, 7) is 5.55. The van der Waals surface area contributed by atoms with Crippen molar-refractivity contribution in [3.05, 3.63) is 97.5 Å². The van der Waals surface area contributed by atoms with Gasteiger partial charge in [-0.3, -0.25) is 9.97 Å². The number of ether oxygens (including phenoxy) is 1. The molecule has 0 N–H and O–H groups in total. The number of hydrogen-bond donors (Lipinski definition) is 0. The molecule has 0 spiro atoms. The lowest BCUT2D eigenvalue weighted by molar-refractivity contribution is 0.191. The Morgan fingerprint density at radius 2 is 1.50 bits per heavy atom. The van der Waals surface area contributed by atoms with Crippen LogP contribution in [-0.2, 0) is 11.3 Å². The molecule has 6 nitrogen and oxygen atoms in total. The number of methoxy groups -OCH3 is 1. The van der Waals surface area contributed by atoms with Crippen LogP contribution in [-0.4, -0.2) is 54.4 Å². The molecule has 4 heterocycles. The summed E-state index contributed by atoms with van der Waals surface area (Å²) >= 11 is 0. The molecule has 0 bridgehead atoms. The normalized spacial score (nSPS) is 13.8. The van der Waals surface area contributed by atoms with Gasteiger partial charge in [-0.2, -0.15) is 0 Å². The second-order valence-electron chi connectivity index (χ2n) is 9.71. The van der Waals surface area contributed by atoms with Crippen molar-refractivity contribution in [1.29, 1.82) is 0 Å². The first kappa shape index (κ1) is 24.2. The zero-order valence-corrected chi connectivity index (χ0v) is 21.8. The number of nitrogens with zero attached hydrogens (tertiary/aromatic N) is 5. The Morgan fingerprint density at radius 3 is 2.29 bits per heavy atom. The van der Waals surface area contributed by atoms with Crippen molar-refractivity contribution in [2.75, 3.05) is 49.7 Å². The highest BCUT2D eigenvalue weighted by Gasteiger charge is 2.21. The number of piperazine rings is 1. The van der Waals surface area contributed by atoms with Crippen molar-refractivity contribution >= 4 is 22.3 Å². The molecule has 1 fully saturated rings. The third-order valence-corrected chi connectivity index (χ3v) is 7.43. The molecular weight excluding hydrogens is 470 g/mol. The van der Waals surface area contributed by atoms with Gasteiger partial charge in [0.05, 0.1) is 11.4 Å². The Kier molecular flexibility index (Phi) is 7.05. The van der Waals surface area contributed by atoms with Gasteiger partial charge in [0.1, 0.15) is 0 Å². The molecule has 3 aromatic heterocycles. The molecule has 192 valence electrons. The smallest absolute Gasteiger partial charge is 0.0935 e. The lowest BCUT2D eigenvalue weighted by Crippen LogP contribution is -2.46. The van der Waals surface area contributed by atoms with E-state index in [9.17, 15) is 0 Å². The Balaban J connectivity index is 1.25. The van der Waals surface area contributed by atoms with Crippen LogP contribution in [0.25, 0.3) is 33.4 Å². The zero-order chi connectivity index (χ0) is 25.7. The van der Waals surface area contributed by atoms with E-state index >= 15 is 0 Å². The van der Waals surface area contributed by atoms with Crippen molar-refractivity contribution in [3.8, 4) is 22.5 Å². The SMILES string of the molecule is COCCCn1c(-c2ccc(-c3ncccc3N3CCN(c4ccncc4)CC3)cc2)cc2ccccc21. The number of aromatic nitrogens is 3. The van der Waals surface area contributed by atoms with Crippen LogP contribution >= 0.6 is 0 Å². The van der Waals surface area contributed by atoms with Crippen molar-refractivity contribution in [2.45, 2.75) is 13.0 Å². The second-order valence-corrected chi connectivity index (χ2v) is 9.71. The predicted molar refractivity (Wildman–Crippen MR) is 156 cm³/mol. The van der Waals surface area contributed by atoms with Gasteiger partial charge in [0.25, 0.3) is 0 Å². The molecule has 1 saturated heterocycles. The summed E-state index contributed by atoms with van der Waals surface area (Å²) in [6.07, 6.45) is 6.60. The Hall–Kier alpha value is -4.16. The first-order chi connectivity index (χ1) is 18.8. The third kappa shape index (κ3) is 4.87. The second kappa shape index (κ2) is 11.1. The molecule has 6 heteroatoms. The van der Waals surface area contributed by atoms with Gasteiger partial charge in [-0.1, -0.05) is 42.5 Å². The molecule has 2 aromatic carbocycles. The van der Waals surface area contributed by atoms with Gasteiger partial charge in [-0.05, 0) is 48.4 Å².